The molecule has 0 aromatic carbocycles. The van der Waals surface area contributed by atoms with Crippen molar-refractivity contribution in [2.75, 3.05) is 0 Å². The number of fused-ring (bicyclic) bond motifs is 7. The minimum Gasteiger partial charge on any atom is -0.481 e. The Bertz CT molecular complexity index is 981. The molecule has 10 atom stereocenters. The van der Waals surface area contributed by atoms with E-state index in [-0.39, 0.29) is 40.4 Å². The molecule has 0 aromatic rings. The molecule has 5 rings (SSSR count). The molecule has 0 aliphatic heterocycles. The van der Waals surface area contributed by atoms with Crippen LogP contribution >= 0.6 is 0 Å². The van der Waals surface area contributed by atoms with Crippen LogP contribution in [0.1, 0.15) is 93.4 Å². The fraction of sp³-hybridized carbons (Fsp3) is 0.867. The van der Waals surface area contributed by atoms with Crippen LogP contribution in [0.25, 0.3) is 0 Å². The Kier molecular flexibility index (Phi) is 5.40. The molecule has 4 fully saturated rings. The maximum Gasteiger partial charge on any atom is 0.310 e. The summed E-state index contributed by atoms with van der Waals surface area (Å²) in [6.45, 7) is 15.1. The summed E-state index contributed by atoms with van der Waals surface area (Å²) in [5.74, 6) is -0.603. The van der Waals surface area contributed by atoms with Crippen molar-refractivity contribution in [1.82, 2.24) is 0 Å². The third-order valence-corrected chi connectivity index (χ3v) is 12.9. The highest BCUT2D eigenvalue weighted by molar-refractivity contribution is 5.86. The summed E-state index contributed by atoms with van der Waals surface area (Å²) in [7, 11) is 0. The largest absolute Gasteiger partial charge is 0.481 e. The van der Waals surface area contributed by atoms with Crippen molar-refractivity contribution in [3.05, 3.63) is 11.6 Å². The van der Waals surface area contributed by atoms with Gasteiger partial charge in [0.05, 0.1) is 17.6 Å². The third-order valence-electron chi connectivity index (χ3n) is 12.9. The summed E-state index contributed by atoms with van der Waals surface area (Å²) < 4.78 is 0. The predicted octanol–water partition coefficient (Wildman–Crippen LogP) is 5.24. The second-order valence-corrected chi connectivity index (χ2v) is 14.6. The zero-order chi connectivity index (χ0) is 25.9. The van der Waals surface area contributed by atoms with E-state index in [1.54, 1.807) is 0 Å². The average Bonchev–Trinajstić information content (AvgIpc) is 3.09. The Labute approximate surface area is 210 Å². The number of carbonyl (C=O) groups is 2. The predicted molar refractivity (Wildman–Crippen MR) is 134 cm³/mol. The van der Waals surface area contributed by atoms with Gasteiger partial charge in [0.2, 0.25) is 0 Å². The number of Topliss-reactive ketones (excluding diaryl/α,β-unsaturated/α-hetero) is 1. The zero-order valence-electron chi connectivity index (χ0n) is 22.7. The molecule has 5 nitrogen and oxygen atoms in total. The molecule has 35 heavy (non-hydrogen) atoms. The summed E-state index contributed by atoms with van der Waals surface area (Å²) in [4.78, 5) is 25.9. The number of carboxylic acids is 1. The van der Waals surface area contributed by atoms with Crippen LogP contribution in [0.5, 0.6) is 0 Å². The number of hydrogen-bond acceptors (Lipinski definition) is 4. The molecule has 0 aromatic heterocycles. The van der Waals surface area contributed by atoms with Gasteiger partial charge in [-0.15, -0.1) is 0 Å². The highest BCUT2D eigenvalue weighted by atomic mass is 16.4. The normalized spacial score (nSPS) is 52.7. The van der Waals surface area contributed by atoms with Gasteiger partial charge >= 0.3 is 5.97 Å². The zero-order valence-corrected chi connectivity index (χ0v) is 22.7. The van der Waals surface area contributed by atoms with Crippen molar-refractivity contribution in [3.63, 3.8) is 0 Å². The lowest BCUT2D eigenvalue weighted by Crippen LogP contribution is -2.67. The number of aliphatic carboxylic acids is 1. The van der Waals surface area contributed by atoms with Gasteiger partial charge in [-0.2, -0.15) is 0 Å². The molecule has 0 unspecified atom stereocenters. The summed E-state index contributed by atoms with van der Waals surface area (Å²) >= 11 is 0. The minimum absolute atomic E-state index is 0.0462. The number of allylic oxidation sites excluding steroid dienone is 1. The summed E-state index contributed by atoms with van der Waals surface area (Å²) in [6, 6.07) is 0. The first-order valence-corrected chi connectivity index (χ1v) is 13.9. The highest BCUT2D eigenvalue weighted by Crippen LogP contribution is 2.76. The minimum atomic E-state index is -0.918. The number of carboxylic acid groups (broad SMARTS) is 1. The Morgan fingerprint density at radius 1 is 0.971 bits per heavy atom. The lowest BCUT2D eigenvalue weighted by molar-refractivity contribution is -0.210. The van der Waals surface area contributed by atoms with Crippen LogP contribution in [-0.2, 0) is 9.59 Å². The van der Waals surface area contributed by atoms with Gasteiger partial charge in [-0.3, -0.25) is 9.59 Å². The Morgan fingerprint density at radius 2 is 1.63 bits per heavy atom. The van der Waals surface area contributed by atoms with E-state index in [4.69, 9.17) is 0 Å². The van der Waals surface area contributed by atoms with Crippen molar-refractivity contribution in [1.29, 1.82) is 0 Å². The van der Waals surface area contributed by atoms with E-state index in [9.17, 15) is 24.9 Å². The molecule has 0 saturated heterocycles. The van der Waals surface area contributed by atoms with Gasteiger partial charge in [0.15, 0.2) is 0 Å². The topological polar surface area (TPSA) is 94.8 Å². The average molecular weight is 487 g/mol. The molecule has 0 bridgehead atoms. The van der Waals surface area contributed by atoms with Crippen molar-refractivity contribution in [2.45, 2.75) is 106 Å². The van der Waals surface area contributed by atoms with E-state index in [1.807, 2.05) is 0 Å². The van der Waals surface area contributed by atoms with E-state index in [1.165, 1.54) is 5.57 Å². The molecule has 0 heterocycles. The first-order chi connectivity index (χ1) is 16.1. The van der Waals surface area contributed by atoms with Crippen LogP contribution < -0.4 is 0 Å². The fourth-order valence-corrected chi connectivity index (χ4v) is 10.9. The first-order valence-electron chi connectivity index (χ1n) is 13.9. The van der Waals surface area contributed by atoms with E-state index in [0.717, 1.165) is 19.3 Å². The van der Waals surface area contributed by atoms with Gasteiger partial charge in [0.1, 0.15) is 5.78 Å². The molecule has 4 saturated carbocycles. The molecular weight excluding hydrogens is 440 g/mol. The van der Waals surface area contributed by atoms with Crippen molar-refractivity contribution >= 4 is 11.8 Å². The maximum atomic E-state index is 13.0. The smallest absolute Gasteiger partial charge is 0.310 e. The molecular formula is C30H46O5. The molecule has 5 aliphatic carbocycles. The molecule has 196 valence electrons. The van der Waals surface area contributed by atoms with Gasteiger partial charge in [0.25, 0.3) is 0 Å². The van der Waals surface area contributed by atoms with Crippen LogP contribution in [0.2, 0.25) is 0 Å². The highest BCUT2D eigenvalue weighted by Gasteiger charge is 2.74. The molecule has 0 radical (unpaired) electrons. The van der Waals surface area contributed by atoms with Crippen LogP contribution in [0.3, 0.4) is 0 Å². The molecule has 0 spiro atoms. The second-order valence-electron chi connectivity index (χ2n) is 14.6. The third kappa shape index (κ3) is 2.83. The van der Waals surface area contributed by atoms with Crippen molar-refractivity contribution < 1.29 is 24.9 Å². The summed E-state index contributed by atoms with van der Waals surface area (Å²) in [5.41, 5.74) is -0.950. The van der Waals surface area contributed by atoms with Crippen molar-refractivity contribution in [3.8, 4) is 0 Å². The summed E-state index contributed by atoms with van der Waals surface area (Å²) in [6.07, 6.45) is 5.68. The lowest BCUT2D eigenvalue weighted by atomic mass is 9.35. The van der Waals surface area contributed by atoms with E-state index < -0.39 is 34.4 Å². The van der Waals surface area contributed by atoms with Gasteiger partial charge in [0, 0.05) is 23.7 Å². The number of aliphatic hydroxyl groups excluding tert-OH is 2. The molecule has 5 aliphatic rings. The van der Waals surface area contributed by atoms with E-state index >= 15 is 0 Å². The van der Waals surface area contributed by atoms with Crippen LogP contribution in [0.4, 0.5) is 0 Å². The Balaban J connectivity index is 1.65. The number of hydrogen-bond donors (Lipinski definition) is 3. The number of ketones is 1. The quantitative estimate of drug-likeness (QED) is 0.464. The first kappa shape index (κ1) is 25.4. The Hall–Kier alpha value is -1.20. The standard InChI is InChI=1S/C30H46O5/c1-16(2)18-14-20(32)24-29(7)11-8-17-23(28(29,6)12-13-30(18,24)25(34)35)19(31)15-21-26(3,4)22(33)9-10-27(17,21)5/h8,16,18-21,23-24,31-32H,9-15H2,1-7H3,(H,34,35)/t18-,19-,20+,21-,23-,24+,27+,28-,29+,30+/m0/s1. The number of aliphatic hydroxyl groups is 2. The number of carbonyl (C=O) groups excluding carboxylic acids is 1. The van der Waals surface area contributed by atoms with E-state index in [0.29, 0.717) is 31.5 Å². The van der Waals surface area contributed by atoms with Crippen LogP contribution in [-0.4, -0.2) is 39.3 Å². The van der Waals surface area contributed by atoms with Crippen molar-refractivity contribution in [2.24, 2.45) is 56.7 Å². The SMILES string of the molecule is CC(C)[C@@H]1C[C@@H](O)[C@H]2[C@@]1(C(=O)O)CC[C@@]1(C)[C@H]3C(=CC[C@]21C)[C@@]1(C)CCC(=O)C(C)(C)[C@@H]1C[C@@H]3O. The Morgan fingerprint density at radius 3 is 2.23 bits per heavy atom. The van der Waals surface area contributed by atoms with Gasteiger partial charge in [-0.1, -0.05) is 60.1 Å². The van der Waals surface area contributed by atoms with Crippen LogP contribution in [0.15, 0.2) is 11.6 Å². The second kappa shape index (κ2) is 7.43. The molecule has 3 N–H and O–H groups in total. The molecule has 0 amide bonds. The fourth-order valence-electron chi connectivity index (χ4n) is 10.9. The number of rotatable bonds is 2. The summed E-state index contributed by atoms with van der Waals surface area (Å²) in [5, 5.41) is 34.0. The molecule has 5 heteroatoms. The lowest BCUT2D eigenvalue weighted by Gasteiger charge is -2.69. The van der Waals surface area contributed by atoms with Crippen LogP contribution in [0, 0.1) is 56.7 Å². The van der Waals surface area contributed by atoms with E-state index in [2.05, 4.69) is 54.5 Å². The monoisotopic (exact) mass is 486 g/mol. The van der Waals surface area contributed by atoms with Gasteiger partial charge in [-0.05, 0) is 72.5 Å². The van der Waals surface area contributed by atoms with Gasteiger partial charge in [-0.25, -0.2) is 0 Å². The van der Waals surface area contributed by atoms with Gasteiger partial charge < -0.3 is 15.3 Å². The maximum absolute atomic E-state index is 13.0.